The minimum Gasteiger partial charge on any atom is -0.481 e. The van der Waals surface area contributed by atoms with Crippen LogP contribution in [0.3, 0.4) is 0 Å². The zero-order chi connectivity index (χ0) is 18.7. The van der Waals surface area contributed by atoms with Crippen molar-refractivity contribution >= 4 is 35.0 Å². The van der Waals surface area contributed by atoms with E-state index in [2.05, 4.69) is 10.2 Å². The van der Waals surface area contributed by atoms with Gasteiger partial charge in [0, 0.05) is 23.9 Å². The summed E-state index contributed by atoms with van der Waals surface area (Å²) in [5, 5.41) is 10.1. The van der Waals surface area contributed by atoms with Crippen LogP contribution in [0.1, 0.15) is 24.4 Å². The van der Waals surface area contributed by atoms with Gasteiger partial charge in [-0.05, 0) is 30.7 Å². The van der Waals surface area contributed by atoms with Gasteiger partial charge in [-0.2, -0.15) is 0 Å². The van der Waals surface area contributed by atoms with Crippen molar-refractivity contribution in [2.45, 2.75) is 23.9 Å². The van der Waals surface area contributed by atoms with Crippen molar-refractivity contribution in [1.82, 2.24) is 14.8 Å². The van der Waals surface area contributed by atoms with Crippen LogP contribution in [0.5, 0.6) is 5.75 Å². The Morgan fingerprint density at radius 1 is 1.19 bits per heavy atom. The monoisotopic (exact) mass is 411 g/mol. The molecule has 0 radical (unpaired) electrons. The molecule has 0 aliphatic rings. The average Bonchev–Trinajstić information content (AvgIpc) is 2.98. The Hall–Kier alpha value is -1.76. The standard InChI is InChI=1S/C18H16Cl2FN3OS/c1-11(25-16-9-13(19)7-8-14(16)20)17-22-23-18(24(17)2)26-10-12-5-3-4-6-15(12)21/h3-9,11H,10H2,1-2H3. The van der Waals surface area contributed by atoms with Gasteiger partial charge in [-0.1, -0.05) is 53.2 Å². The number of nitrogens with zero attached hydrogens (tertiary/aromatic N) is 3. The van der Waals surface area contributed by atoms with Crippen LogP contribution in [0.4, 0.5) is 4.39 Å². The normalized spacial score (nSPS) is 12.2. The average molecular weight is 412 g/mol. The summed E-state index contributed by atoms with van der Waals surface area (Å²) in [7, 11) is 1.85. The number of aromatic nitrogens is 3. The SMILES string of the molecule is CC(Oc1cc(Cl)ccc1Cl)c1nnc(SCc2ccccc2F)n1C. The van der Waals surface area contributed by atoms with Gasteiger partial charge < -0.3 is 9.30 Å². The molecule has 0 bridgehead atoms. The molecule has 0 fully saturated rings. The highest BCUT2D eigenvalue weighted by molar-refractivity contribution is 7.98. The van der Waals surface area contributed by atoms with Crippen LogP contribution in [-0.4, -0.2) is 14.8 Å². The lowest BCUT2D eigenvalue weighted by atomic mass is 10.2. The third kappa shape index (κ3) is 4.31. The lowest BCUT2D eigenvalue weighted by Gasteiger charge is -2.15. The Morgan fingerprint density at radius 3 is 2.73 bits per heavy atom. The fraction of sp³-hybridized carbons (Fsp3) is 0.222. The fourth-order valence-electron chi connectivity index (χ4n) is 2.37. The Balaban J connectivity index is 1.71. The van der Waals surface area contributed by atoms with E-state index in [1.807, 2.05) is 24.6 Å². The molecular weight excluding hydrogens is 396 g/mol. The molecule has 1 aromatic heterocycles. The van der Waals surface area contributed by atoms with E-state index in [0.717, 1.165) is 0 Å². The maximum absolute atomic E-state index is 13.7. The van der Waals surface area contributed by atoms with Gasteiger partial charge in [0.1, 0.15) is 11.6 Å². The quantitative estimate of drug-likeness (QED) is 0.488. The first-order chi connectivity index (χ1) is 12.5. The molecule has 1 atom stereocenters. The van der Waals surface area contributed by atoms with Crippen LogP contribution in [0.2, 0.25) is 10.0 Å². The molecule has 3 rings (SSSR count). The summed E-state index contributed by atoms with van der Waals surface area (Å²) in [4.78, 5) is 0. The molecule has 3 aromatic rings. The van der Waals surface area contributed by atoms with Crippen molar-refractivity contribution in [1.29, 1.82) is 0 Å². The van der Waals surface area contributed by atoms with Crippen molar-refractivity contribution in [2.75, 3.05) is 0 Å². The van der Waals surface area contributed by atoms with Gasteiger partial charge in [0.2, 0.25) is 0 Å². The number of thioether (sulfide) groups is 1. The number of ether oxygens (including phenoxy) is 1. The Bertz CT molecular complexity index is 919. The molecule has 1 heterocycles. The van der Waals surface area contributed by atoms with Gasteiger partial charge in [0.15, 0.2) is 17.1 Å². The number of halogens is 3. The minimum atomic E-state index is -0.383. The predicted molar refractivity (Wildman–Crippen MR) is 102 cm³/mol. The van der Waals surface area contributed by atoms with Crippen molar-refractivity contribution in [3.8, 4) is 5.75 Å². The van der Waals surface area contributed by atoms with Crippen LogP contribution in [0, 0.1) is 5.82 Å². The maximum Gasteiger partial charge on any atom is 0.191 e. The Labute approximate surface area is 165 Å². The topological polar surface area (TPSA) is 39.9 Å². The summed E-state index contributed by atoms with van der Waals surface area (Å²) in [5.74, 6) is 1.36. The third-order valence-electron chi connectivity index (χ3n) is 3.74. The highest BCUT2D eigenvalue weighted by atomic mass is 35.5. The van der Waals surface area contributed by atoms with E-state index >= 15 is 0 Å². The van der Waals surface area contributed by atoms with Crippen LogP contribution in [-0.2, 0) is 12.8 Å². The van der Waals surface area contributed by atoms with Crippen LogP contribution < -0.4 is 4.74 Å². The minimum absolute atomic E-state index is 0.227. The summed E-state index contributed by atoms with van der Waals surface area (Å²) < 4.78 is 21.4. The van der Waals surface area contributed by atoms with Gasteiger partial charge in [0.05, 0.1) is 5.02 Å². The first-order valence-corrected chi connectivity index (χ1v) is 9.57. The Morgan fingerprint density at radius 2 is 1.96 bits per heavy atom. The van der Waals surface area contributed by atoms with Gasteiger partial charge in [0.25, 0.3) is 0 Å². The highest BCUT2D eigenvalue weighted by Crippen LogP contribution is 2.32. The second-order valence-corrected chi connectivity index (χ2v) is 7.40. The maximum atomic E-state index is 13.7. The molecule has 0 aliphatic carbocycles. The van der Waals surface area contributed by atoms with E-state index in [-0.39, 0.29) is 11.9 Å². The Kier molecular flexibility index (Phi) is 6.06. The van der Waals surface area contributed by atoms with Gasteiger partial charge in [-0.25, -0.2) is 4.39 Å². The largest absolute Gasteiger partial charge is 0.481 e. The summed E-state index contributed by atoms with van der Waals surface area (Å²) in [6, 6.07) is 11.7. The van der Waals surface area contributed by atoms with Crippen LogP contribution in [0.15, 0.2) is 47.6 Å². The lowest BCUT2D eigenvalue weighted by Crippen LogP contribution is -2.10. The molecular formula is C18H16Cl2FN3OS. The number of hydrogen-bond donors (Lipinski definition) is 0. The first kappa shape index (κ1) is 19.0. The lowest BCUT2D eigenvalue weighted by molar-refractivity contribution is 0.211. The van der Waals surface area contributed by atoms with E-state index in [9.17, 15) is 4.39 Å². The molecule has 4 nitrogen and oxygen atoms in total. The van der Waals surface area contributed by atoms with E-state index in [4.69, 9.17) is 27.9 Å². The molecule has 0 spiro atoms. The smallest absolute Gasteiger partial charge is 0.191 e. The van der Waals surface area contributed by atoms with E-state index in [1.54, 1.807) is 30.3 Å². The third-order valence-corrected chi connectivity index (χ3v) is 5.36. The van der Waals surface area contributed by atoms with Crippen LogP contribution >= 0.6 is 35.0 Å². The molecule has 0 saturated carbocycles. The first-order valence-electron chi connectivity index (χ1n) is 7.83. The predicted octanol–water partition coefficient (Wildman–Crippen LogP) is 5.69. The number of hydrogen-bond acceptors (Lipinski definition) is 4. The van der Waals surface area contributed by atoms with Gasteiger partial charge in [-0.3, -0.25) is 0 Å². The highest BCUT2D eigenvalue weighted by Gasteiger charge is 2.19. The summed E-state index contributed by atoms with van der Waals surface area (Å²) in [6.45, 7) is 1.85. The van der Waals surface area contributed by atoms with Crippen molar-refractivity contribution in [2.24, 2.45) is 7.05 Å². The molecule has 1 unspecified atom stereocenters. The number of benzene rings is 2. The molecule has 0 amide bonds. The molecule has 0 saturated heterocycles. The van der Waals surface area contributed by atoms with E-state index in [0.29, 0.717) is 38.1 Å². The van der Waals surface area contributed by atoms with Gasteiger partial charge in [-0.15, -0.1) is 10.2 Å². The second kappa shape index (κ2) is 8.29. The molecule has 26 heavy (non-hydrogen) atoms. The second-order valence-electron chi connectivity index (χ2n) is 5.61. The zero-order valence-corrected chi connectivity index (χ0v) is 16.4. The zero-order valence-electron chi connectivity index (χ0n) is 14.1. The number of rotatable bonds is 6. The van der Waals surface area contributed by atoms with Crippen molar-refractivity contribution < 1.29 is 9.13 Å². The molecule has 8 heteroatoms. The van der Waals surface area contributed by atoms with Crippen molar-refractivity contribution in [3.05, 3.63) is 69.7 Å². The van der Waals surface area contributed by atoms with E-state index in [1.165, 1.54) is 17.8 Å². The van der Waals surface area contributed by atoms with E-state index < -0.39 is 0 Å². The molecule has 136 valence electrons. The summed E-state index contributed by atoms with van der Waals surface area (Å²) in [5.41, 5.74) is 0.622. The molecule has 0 N–H and O–H groups in total. The molecule has 2 aromatic carbocycles. The summed E-state index contributed by atoms with van der Waals surface area (Å²) in [6.07, 6.45) is -0.383. The van der Waals surface area contributed by atoms with Crippen LogP contribution in [0.25, 0.3) is 0 Å². The van der Waals surface area contributed by atoms with Gasteiger partial charge >= 0.3 is 0 Å². The molecule has 0 aliphatic heterocycles. The van der Waals surface area contributed by atoms with Crippen molar-refractivity contribution in [3.63, 3.8) is 0 Å². The fourth-order valence-corrected chi connectivity index (χ4v) is 3.60. The summed E-state index contributed by atoms with van der Waals surface area (Å²) >= 11 is 13.5.